The van der Waals surface area contributed by atoms with E-state index in [2.05, 4.69) is 0 Å². The van der Waals surface area contributed by atoms with Gasteiger partial charge in [0.1, 0.15) is 17.2 Å². The first kappa shape index (κ1) is 13.8. The van der Waals surface area contributed by atoms with E-state index in [1.807, 2.05) is 0 Å². The number of benzene rings is 1. The zero-order valence-electron chi connectivity index (χ0n) is 9.96. The predicted octanol–water partition coefficient (Wildman–Crippen LogP) is 2.63. The van der Waals surface area contributed by atoms with E-state index in [4.69, 9.17) is 0 Å². The highest BCUT2D eigenvalue weighted by atomic mass is 19.1. The molecule has 0 aliphatic heterocycles. The van der Waals surface area contributed by atoms with E-state index < -0.39 is 23.0 Å². The van der Waals surface area contributed by atoms with Gasteiger partial charge in [0.05, 0.1) is 0 Å². The van der Waals surface area contributed by atoms with Gasteiger partial charge >= 0.3 is 0 Å². The number of carbonyl (C=O) groups excluding carboxylic acids is 1. The largest absolute Gasteiger partial charge is 0.382 e. The smallest absolute Gasteiger partial charge is 0.168 e. The highest BCUT2D eigenvalue weighted by Crippen LogP contribution is 2.20. The fraction of sp³-hybridized carbons (Fsp3) is 0.462. The van der Waals surface area contributed by atoms with Crippen molar-refractivity contribution in [2.75, 3.05) is 0 Å². The second-order valence-electron chi connectivity index (χ2n) is 4.07. The van der Waals surface area contributed by atoms with Crippen LogP contribution in [-0.2, 0) is 11.2 Å². The van der Waals surface area contributed by atoms with Gasteiger partial charge in [-0.25, -0.2) is 8.78 Å². The Morgan fingerprint density at radius 3 is 2.41 bits per heavy atom. The lowest BCUT2D eigenvalue weighted by Gasteiger charge is -2.23. The molecule has 0 aliphatic rings. The van der Waals surface area contributed by atoms with E-state index in [9.17, 15) is 18.7 Å². The van der Waals surface area contributed by atoms with Crippen molar-refractivity contribution in [3.8, 4) is 0 Å². The molecule has 0 saturated carbocycles. The minimum Gasteiger partial charge on any atom is -0.382 e. The van der Waals surface area contributed by atoms with Crippen molar-refractivity contribution < 1.29 is 18.7 Å². The third-order valence-electron chi connectivity index (χ3n) is 3.05. The first-order valence-electron chi connectivity index (χ1n) is 5.62. The third kappa shape index (κ3) is 3.09. The molecule has 0 aliphatic carbocycles. The normalized spacial score (nSPS) is 11.6. The number of hydrogen-bond donors (Lipinski definition) is 1. The number of carbonyl (C=O) groups is 1. The van der Waals surface area contributed by atoms with E-state index in [1.54, 1.807) is 13.8 Å². The Morgan fingerprint density at radius 2 is 1.88 bits per heavy atom. The molecule has 0 saturated heterocycles. The van der Waals surface area contributed by atoms with Gasteiger partial charge in [0.2, 0.25) is 0 Å². The monoisotopic (exact) mass is 242 g/mol. The molecule has 2 nitrogen and oxygen atoms in total. The first-order valence-corrected chi connectivity index (χ1v) is 5.62. The summed E-state index contributed by atoms with van der Waals surface area (Å²) >= 11 is 0. The fourth-order valence-corrected chi connectivity index (χ4v) is 1.66. The topological polar surface area (TPSA) is 37.3 Å². The van der Waals surface area contributed by atoms with Gasteiger partial charge in [-0.2, -0.15) is 0 Å². The van der Waals surface area contributed by atoms with Gasteiger partial charge in [0, 0.05) is 6.42 Å². The Balaban J connectivity index is 2.91. The molecule has 0 radical (unpaired) electrons. The Kier molecular flexibility index (Phi) is 4.34. The molecule has 1 rings (SSSR count). The molecule has 0 heterocycles. The molecule has 1 N–H and O–H groups in total. The maximum absolute atomic E-state index is 13.3. The van der Waals surface area contributed by atoms with Crippen LogP contribution in [0.5, 0.6) is 0 Å². The minimum absolute atomic E-state index is 0.0182. The number of aliphatic hydroxyl groups is 1. The van der Waals surface area contributed by atoms with E-state index in [1.165, 1.54) is 0 Å². The fourth-order valence-electron chi connectivity index (χ4n) is 1.66. The van der Waals surface area contributed by atoms with Crippen molar-refractivity contribution in [1.82, 2.24) is 0 Å². The van der Waals surface area contributed by atoms with Crippen LogP contribution < -0.4 is 0 Å². The molecule has 17 heavy (non-hydrogen) atoms. The predicted molar refractivity (Wildman–Crippen MR) is 60.6 cm³/mol. The molecular weight excluding hydrogens is 226 g/mol. The van der Waals surface area contributed by atoms with Gasteiger partial charge in [-0.3, -0.25) is 4.79 Å². The SMILES string of the molecule is CCC(O)(CC)C(=O)Cc1cc(F)ccc1F. The summed E-state index contributed by atoms with van der Waals surface area (Å²) < 4.78 is 26.2. The van der Waals surface area contributed by atoms with Gasteiger partial charge in [-0.1, -0.05) is 13.8 Å². The Morgan fingerprint density at radius 1 is 1.29 bits per heavy atom. The second-order valence-corrected chi connectivity index (χ2v) is 4.07. The summed E-state index contributed by atoms with van der Waals surface area (Å²) in [5, 5.41) is 9.95. The highest BCUT2D eigenvalue weighted by molar-refractivity contribution is 5.88. The van der Waals surface area contributed by atoms with Crippen molar-refractivity contribution in [2.24, 2.45) is 0 Å². The molecule has 1 aromatic rings. The average molecular weight is 242 g/mol. The second kappa shape index (κ2) is 5.36. The number of halogens is 2. The molecule has 4 heteroatoms. The van der Waals surface area contributed by atoms with Gasteiger partial charge in [-0.15, -0.1) is 0 Å². The number of hydrogen-bond acceptors (Lipinski definition) is 2. The van der Waals surface area contributed by atoms with Gasteiger partial charge in [-0.05, 0) is 36.6 Å². The van der Waals surface area contributed by atoms with Crippen molar-refractivity contribution >= 4 is 5.78 Å². The summed E-state index contributed by atoms with van der Waals surface area (Å²) in [6.45, 7) is 3.37. The van der Waals surface area contributed by atoms with E-state index >= 15 is 0 Å². The quantitative estimate of drug-likeness (QED) is 0.861. The first-order chi connectivity index (χ1) is 7.92. The minimum atomic E-state index is -1.45. The zero-order valence-corrected chi connectivity index (χ0v) is 9.96. The van der Waals surface area contributed by atoms with E-state index in [0.717, 1.165) is 18.2 Å². The summed E-state index contributed by atoms with van der Waals surface area (Å²) in [6.07, 6.45) is 0.236. The molecule has 0 aromatic heterocycles. The van der Waals surface area contributed by atoms with Crippen LogP contribution in [0.25, 0.3) is 0 Å². The molecule has 0 bridgehead atoms. The molecule has 1 aromatic carbocycles. The van der Waals surface area contributed by atoms with Crippen molar-refractivity contribution in [3.05, 3.63) is 35.4 Å². The van der Waals surface area contributed by atoms with E-state index in [-0.39, 0.29) is 24.8 Å². The lowest BCUT2D eigenvalue weighted by Crippen LogP contribution is -2.38. The standard InChI is InChI=1S/C13H16F2O2/c1-3-13(17,4-2)12(16)8-9-7-10(14)5-6-11(9)15/h5-7,17H,3-4,8H2,1-2H3. The molecule has 0 unspecified atom stereocenters. The molecule has 0 fully saturated rings. The molecule has 0 spiro atoms. The lowest BCUT2D eigenvalue weighted by atomic mass is 9.88. The molecule has 0 amide bonds. The average Bonchev–Trinajstić information content (AvgIpc) is 2.32. The number of ketones is 1. The lowest BCUT2D eigenvalue weighted by molar-refractivity contribution is -0.137. The molecule has 0 atom stereocenters. The number of Topliss-reactive ketones (excluding diaryl/α,β-unsaturated/α-hetero) is 1. The van der Waals surface area contributed by atoms with Crippen LogP contribution >= 0.6 is 0 Å². The van der Waals surface area contributed by atoms with Crippen LogP contribution in [0.15, 0.2) is 18.2 Å². The summed E-state index contributed by atoms with van der Waals surface area (Å²) in [5.74, 6) is -1.70. The van der Waals surface area contributed by atoms with Gasteiger partial charge in [0.15, 0.2) is 5.78 Å². The molecular formula is C13H16F2O2. The van der Waals surface area contributed by atoms with E-state index in [0.29, 0.717) is 0 Å². The van der Waals surface area contributed by atoms with Crippen LogP contribution in [0.3, 0.4) is 0 Å². The zero-order chi connectivity index (χ0) is 13.1. The van der Waals surface area contributed by atoms with Gasteiger partial charge in [0.25, 0.3) is 0 Å². The van der Waals surface area contributed by atoms with Crippen LogP contribution in [0.2, 0.25) is 0 Å². The van der Waals surface area contributed by atoms with Crippen LogP contribution in [0, 0.1) is 11.6 Å². The summed E-state index contributed by atoms with van der Waals surface area (Å²) in [6, 6.07) is 2.96. The van der Waals surface area contributed by atoms with Crippen LogP contribution in [0.4, 0.5) is 8.78 Å². The van der Waals surface area contributed by atoms with Crippen molar-refractivity contribution in [2.45, 2.75) is 38.7 Å². The van der Waals surface area contributed by atoms with Crippen LogP contribution in [-0.4, -0.2) is 16.5 Å². The summed E-state index contributed by atoms with van der Waals surface area (Å²) in [4.78, 5) is 11.8. The Labute approximate surface area is 99.3 Å². The Hall–Kier alpha value is -1.29. The maximum Gasteiger partial charge on any atom is 0.168 e. The summed E-state index contributed by atoms with van der Waals surface area (Å²) in [5.41, 5.74) is -1.46. The third-order valence-corrected chi connectivity index (χ3v) is 3.05. The van der Waals surface area contributed by atoms with Crippen LogP contribution in [0.1, 0.15) is 32.3 Å². The van der Waals surface area contributed by atoms with Crippen molar-refractivity contribution in [1.29, 1.82) is 0 Å². The highest BCUT2D eigenvalue weighted by Gasteiger charge is 2.31. The Bertz CT molecular complexity index is 412. The summed E-state index contributed by atoms with van der Waals surface area (Å²) in [7, 11) is 0. The van der Waals surface area contributed by atoms with Gasteiger partial charge < -0.3 is 5.11 Å². The number of rotatable bonds is 5. The molecule has 94 valence electrons. The maximum atomic E-state index is 13.3. The van der Waals surface area contributed by atoms with Crippen molar-refractivity contribution in [3.63, 3.8) is 0 Å².